The maximum absolute atomic E-state index is 12.6. The molecule has 1 aliphatic carbocycles. The first-order valence-corrected chi connectivity index (χ1v) is 8.68. The van der Waals surface area contributed by atoms with E-state index in [1.165, 1.54) is 10.5 Å². The highest BCUT2D eigenvalue weighted by atomic mass is 32.2. The van der Waals surface area contributed by atoms with Gasteiger partial charge in [0.15, 0.2) is 0 Å². The van der Waals surface area contributed by atoms with Gasteiger partial charge < -0.3 is 5.32 Å². The Morgan fingerprint density at radius 2 is 2.33 bits per heavy atom. The Morgan fingerprint density at radius 3 is 2.95 bits per heavy atom. The van der Waals surface area contributed by atoms with E-state index in [0.717, 1.165) is 25.9 Å². The van der Waals surface area contributed by atoms with Crippen molar-refractivity contribution in [2.24, 2.45) is 5.92 Å². The van der Waals surface area contributed by atoms with Crippen molar-refractivity contribution in [3.8, 4) is 12.3 Å². The smallest absolute Gasteiger partial charge is 0.247 e. The summed E-state index contributed by atoms with van der Waals surface area (Å²) < 4.78 is 28.2. The van der Waals surface area contributed by atoms with Crippen LogP contribution in [-0.4, -0.2) is 48.7 Å². The maximum atomic E-state index is 12.6. The summed E-state index contributed by atoms with van der Waals surface area (Å²) in [7, 11) is -3.54. The summed E-state index contributed by atoms with van der Waals surface area (Å²) in [5.74, 6) is 2.89. The normalized spacial score (nSPS) is 15.3. The fraction of sp³-hybridized carbons (Fsp3) is 0.643. The molecule has 0 aliphatic heterocycles. The molecule has 1 N–H and O–H groups in total. The predicted octanol–water partition coefficient (Wildman–Crippen LogP) is 0.527. The topological polar surface area (TPSA) is 67.2 Å². The van der Waals surface area contributed by atoms with Crippen molar-refractivity contribution >= 4 is 10.0 Å². The zero-order chi connectivity index (χ0) is 15.3. The Labute approximate surface area is 126 Å². The van der Waals surface area contributed by atoms with E-state index in [9.17, 15) is 8.42 Å². The van der Waals surface area contributed by atoms with E-state index in [1.54, 1.807) is 10.9 Å². The molecule has 0 atom stereocenters. The average Bonchev–Trinajstić information content (AvgIpc) is 3.14. The minimum absolute atomic E-state index is 0.113. The number of hydrogen-bond acceptors (Lipinski definition) is 4. The minimum Gasteiger partial charge on any atom is -0.315 e. The van der Waals surface area contributed by atoms with Crippen LogP contribution in [-0.2, 0) is 16.6 Å². The first-order chi connectivity index (χ1) is 10.1. The second kappa shape index (κ2) is 7.07. The molecule has 1 fully saturated rings. The van der Waals surface area contributed by atoms with Crippen LogP contribution in [0.5, 0.6) is 0 Å². The van der Waals surface area contributed by atoms with Gasteiger partial charge in [-0.05, 0) is 25.3 Å². The number of nitrogens with one attached hydrogen (secondary N) is 1. The van der Waals surface area contributed by atoms with Crippen LogP contribution in [0.15, 0.2) is 17.3 Å². The summed E-state index contributed by atoms with van der Waals surface area (Å²) in [4.78, 5) is 0.217. The summed E-state index contributed by atoms with van der Waals surface area (Å²) in [6.45, 7) is 4.92. The molecule has 0 radical (unpaired) electrons. The lowest BCUT2D eigenvalue weighted by atomic mass is 10.4. The zero-order valence-electron chi connectivity index (χ0n) is 12.3. The SMILES string of the molecule is C#CCN(CC1CC1)S(=O)(=O)c1cnn(CCNCC)c1. The fourth-order valence-corrected chi connectivity index (χ4v) is 3.44. The van der Waals surface area contributed by atoms with Crippen LogP contribution in [0.1, 0.15) is 19.8 Å². The first kappa shape index (κ1) is 16.0. The fourth-order valence-electron chi connectivity index (χ4n) is 2.06. The molecule has 1 aliphatic rings. The molecule has 0 saturated heterocycles. The lowest BCUT2D eigenvalue weighted by molar-refractivity contribution is 0.430. The Kier molecular flexibility index (Phi) is 5.39. The van der Waals surface area contributed by atoms with E-state index >= 15 is 0 Å². The van der Waals surface area contributed by atoms with Crippen LogP contribution in [0.3, 0.4) is 0 Å². The Morgan fingerprint density at radius 1 is 1.57 bits per heavy atom. The highest BCUT2D eigenvalue weighted by Crippen LogP contribution is 2.31. The van der Waals surface area contributed by atoms with E-state index in [4.69, 9.17) is 6.42 Å². The molecule has 0 bridgehead atoms. The predicted molar refractivity (Wildman–Crippen MR) is 81.1 cm³/mol. The van der Waals surface area contributed by atoms with E-state index in [1.807, 2.05) is 6.92 Å². The quantitative estimate of drug-likeness (QED) is 0.533. The summed E-state index contributed by atoms with van der Waals surface area (Å²) in [5, 5.41) is 7.29. The van der Waals surface area contributed by atoms with Crippen LogP contribution >= 0.6 is 0 Å². The number of hydrogen-bond donors (Lipinski definition) is 1. The Hall–Kier alpha value is -1.36. The number of aromatic nitrogens is 2. The van der Waals surface area contributed by atoms with Gasteiger partial charge in [-0.1, -0.05) is 12.8 Å². The van der Waals surface area contributed by atoms with Gasteiger partial charge in [-0.15, -0.1) is 6.42 Å². The van der Waals surface area contributed by atoms with Gasteiger partial charge in [0.1, 0.15) is 4.90 Å². The molecule has 0 spiro atoms. The number of likely N-dealkylation sites (N-methyl/N-ethyl adjacent to an activating group) is 1. The molecule has 0 unspecified atom stereocenters. The average molecular weight is 310 g/mol. The lowest BCUT2D eigenvalue weighted by Gasteiger charge is -2.18. The summed E-state index contributed by atoms with van der Waals surface area (Å²) in [6.07, 6.45) is 10.4. The molecule has 116 valence electrons. The largest absolute Gasteiger partial charge is 0.315 e. The van der Waals surface area contributed by atoms with Gasteiger partial charge >= 0.3 is 0 Å². The molecule has 7 heteroatoms. The second-order valence-corrected chi connectivity index (χ2v) is 7.18. The van der Waals surface area contributed by atoms with Crippen molar-refractivity contribution in [1.82, 2.24) is 19.4 Å². The summed E-state index contributed by atoms with van der Waals surface area (Å²) in [6, 6.07) is 0. The van der Waals surface area contributed by atoms with Crippen LogP contribution in [0.25, 0.3) is 0 Å². The molecule has 1 saturated carbocycles. The lowest BCUT2D eigenvalue weighted by Crippen LogP contribution is -2.33. The van der Waals surface area contributed by atoms with Gasteiger partial charge in [-0.25, -0.2) is 8.42 Å². The molecule has 1 heterocycles. The second-order valence-electron chi connectivity index (χ2n) is 5.24. The van der Waals surface area contributed by atoms with Crippen molar-refractivity contribution in [3.05, 3.63) is 12.4 Å². The van der Waals surface area contributed by atoms with Crippen LogP contribution in [0.2, 0.25) is 0 Å². The number of rotatable bonds is 9. The molecular weight excluding hydrogens is 288 g/mol. The van der Waals surface area contributed by atoms with Gasteiger partial charge in [0.05, 0.1) is 19.3 Å². The third-order valence-corrected chi connectivity index (χ3v) is 5.21. The van der Waals surface area contributed by atoms with Gasteiger partial charge in [0.25, 0.3) is 0 Å². The third-order valence-electron chi connectivity index (χ3n) is 3.44. The minimum atomic E-state index is -3.54. The van der Waals surface area contributed by atoms with Gasteiger partial charge in [0.2, 0.25) is 10.0 Å². The monoisotopic (exact) mass is 310 g/mol. The van der Waals surface area contributed by atoms with Gasteiger partial charge in [0, 0.05) is 19.3 Å². The molecule has 21 heavy (non-hydrogen) atoms. The molecule has 2 rings (SSSR count). The maximum Gasteiger partial charge on any atom is 0.247 e. The molecule has 6 nitrogen and oxygen atoms in total. The highest BCUT2D eigenvalue weighted by molar-refractivity contribution is 7.89. The summed E-state index contributed by atoms with van der Waals surface area (Å²) >= 11 is 0. The van der Waals surface area contributed by atoms with Crippen molar-refractivity contribution in [2.45, 2.75) is 31.2 Å². The van der Waals surface area contributed by atoms with Crippen molar-refractivity contribution < 1.29 is 8.42 Å². The molecular formula is C14H22N4O2S. The number of terminal acetylenes is 1. The van der Waals surface area contributed by atoms with E-state index < -0.39 is 10.0 Å². The zero-order valence-corrected chi connectivity index (χ0v) is 13.1. The van der Waals surface area contributed by atoms with Gasteiger partial charge in [-0.3, -0.25) is 4.68 Å². The van der Waals surface area contributed by atoms with Gasteiger partial charge in [-0.2, -0.15) is 9.40 Å². The highest BCUT2D eigenvalue weighted by Gasteiger charge is 2.31. The first-order valence-electron chi connectivity index (χ1n) is 7.24. The van der Waals surface area contributed by atoms with Crippen LogP contribution in [0.4, 0.5) is 0 Å². The van der Waals surface area contributed by atoms with Crippen LogP contribution in [0, 0.1) is 18.3 Å². The van der Waals surface area contributed by atoms with Crippen LogP contribution < -0.4 is 5.32 Å². The summed E-state index contributed by atoms with van der Waals surface area (Å²) in [5.41, 5.74) is 0. The van der Waals surface area contributed by atoms with Crippen molar-refractivity contribution in [1.29, 1.82) is 0 Å². The molecule has 0 amide bonds. The van der Waals surface area contributed by atoms with Crippen molar-refractivity contribution in [3.63, 3.8) is 0 Å². The molecule has 0 aromatic carbocycles. The third kappa shape index (κ3) is 4.30. The number of nitrogens with zero attached hydrogens (tertiary/aromatic N) is 3. The molecule has 1 aromatic heterocycles. The number of sulfonamides is 1. The van der Waals surface area contributed by atoms with E-state index in [2.05, 4.69) is 16.3 Å². The Balaban J connectivity index is 2.07. The molecule has 1 aromatic rings. The van der Waals surface area contributed by atoms with E-state index in [-0.39, 0.29) is 11.4 Å². The standard InChI is InChI=1S/C14H22N4O2S/c1-3-8-18(11-13-5-6-13)21(19,20)14-10-16-17(12-14)9-7-15-4-2/h1,10,12-13,15H,4-9,11H2,2H3. The Bertz CT molecular complexity index is 599. The van der Waals surface area contributed by atoms with E-state index in [0.29, 0.717) is 19.0 Å². The van der Waals surface area contributed by atoms with Crippen molar-refractivity contribution in [2.75, 3.05) is 26.2 Å².